The second-order valence-electron chi connectivity index (χ2n) is 2.84. The van der Waals surface area contributed by atoms with Crippen LogP contribution in [0, 0.1) is 6.92 Å². The standard InChI is InChI=1S/C10H8BrNS/c1-7-3-2-4-8(5-7)10-12-9(11)6-13-10/h2-6H,1H3. The van der Waals surface area contributed by atoms with Crippen molar-refractivity contribution in [1.82, 2.24) is 4.98 Å². The highest BCUT2D eigenvalue weighted by molar-refractivity contribution is 9.10. The number of rotatable bonds is 1. The Morgan fingerprint density at radius 3 is 2.85 bits per heavy atom. The van der Waals surface area contributed by atoms with Crippen molar-refractivity contribution < 1.29 is 0 Å². The van der Waals surface area contributed by atoms with Crippen molar-refractivity contribution in [2.45, 2.75) is 6.92 Å². The van der Waals surface area contributed by atoms with Crippen molar-refractivity contribution in [3.63, 3.8) is 0 Å². The Morgan fingerprint density at radius 1 is 1.38 bits per heavy atom. The maximum atomic E-state index is 4.36. The SMILES string of the molecule is Cc1cccc(-c2nc(Br)cs2)c1. The summed E-state index contributed by atoms with van der Waals surface area (Å²) in [6.45, 7) is 2.09. The molecule has 1 aromatic carbocycles. The Hall–Kier alpha value is -0.670. The van der Waals surface area contributed by atoms with E-state index in [0.29, 0.717) is 0 Å². The summed E-state index contributed by atoms with van der Waals surface area (Å²) in [5.41, 5.74) is 2.46. The Bertz CT molecular complexity index is 422. The number of hydrogen-bond donors (Lipinski definition) is 0. The third kappa shape index (κ3) is 1.98. The average molecular weight is 254 g/mol. The summed E-state index contributed by atoms with van der Waals surface area (Å²) in [6.07, 6.45) is 0. The van der Waals surface area contributed by atoms with Crippen LogP contribution in [0.2, 0.25) is 0 Å². The zero-order valence-corrected chi connectivity index (χ0v) is 9.52. The van der Waals surface area contributed by atoms with Crippen LogP contribution in [0.5, 0.6) is 0 Å². The Kier molecular flexibility index (Phi) is 2.47. The minimum Gasteiger partial charge on any atom is -0.229 e. The van der Waals surface area contributed by atoms with E-state index in [0.717, 1.165) is 9.61 Å². The summed E-state index contributed by atoms with van der Waals surface area (Å²) >= 11 is 5.00. The third-order valence-electron chi connectivity index (χ3n) is 1.74. The molecule has 0 aliphatic carbocycles. The van der Waals surface area contributed by atoms with E-state index in [2.05, 4.69) is 52.1 Å². The van der Waals surface area contributed by atoms with Gasteiger partial charge in [0.2, 0.25) is 0 Å². The molecule has 0 aliphatic heterocycles. The molecule has 1 aromatic heterocycles. The lowest BCUT2D eigenvalue weighted by Gasteiger charge is -1.96. The predicted molar refractivity (Wildman–Crippen MR) is 60.0 cm³/mol. The van der Waals surface area contributed by atoms with Gasteiger partial charge in [0.15, 0.2) is 0 Å². The van der Waals surface area contributed by atoms with Gasteiger partial charge in [0, 0.05) is 10.9 Å². The Balaban J connectivity index is 2.46. The molecule has 0 N–H and O–H groups in total. The van der Waals surface area contributed by atoms with E-state index in [1.807, 2.05) is 5.38 Å². The van der Waals surface area contributed by atoms with Crippen LogP contribution in [0.4, 0.5) is 0 Å². The molecule has 0 spiro atoms. The maximum absolute atomic E-state index is 4.36. The number of nitrogens with zero attached hydrogens (tertiary/aromatic N) is 1. The van der Waals surface area contributed by atoms with E-state index < -0.39 is 0 Å². The van der Waals surface area contributed by atoms with Gasteiger partial charge in [-0.1, -0.05) is 23.8 Å². The maximum Gasteiger partial charge on any atom is 0.124 e. The number of hydrogen-bond acceptors (Lipinski definition) is 2. The second kappa shape index (κ2) is 3.60. The Labute approximate surface area is 89.6 Å². The fraction of sp³-hybridized carbons (Fsp3) is 0.100. The molecule has 1 nitrogen and oxygen atoms in total. The van der Waals surface area contributed by atoms with Gasteiger partial charge in [-0.2, -0.15) is 0 Å². The van der Waals surface area contributed by atoms with Crippen LogP contribution >= 0.6 is 27.3 Å². The highest BCUT2D eigenvalue weighted by Crippen LogP contribution is 2.26. The normalized spacial score (nSPS) is 10.3. The van der Waals surface area contributed by atoms with Gasteiger partial charge in [-0.15, -0.1) is 11.3 Å². The Morgan fingerprint density at radius 2 is 2.23 bits per heavy atom. The van der Waals surface area contributed by atoms with Gasteiger partial charge in [-0.05, 0) is 28.9 Å². The number of aryl methyl sites for hydroxylation is 1. The number of halogens is 1. The average Bonchev–Trinajstić information content (AvgIpc) is 2.52. The largest absolute Gasteiger partial charge is 0.229 e. The molecule has 0 bridgehead atoms. The molecule has 3 heteroatoms. The summed E-state index contributed by atoms with van der Waals surface area (Å²) in [6, 6.07) is 8.37. The van der Waals surface area contributed by atoms with Crippen LogP contribution in [0.3, 0.4) is 0 Å². The van der Waals surface area contributed by atoms with Gasteiger partial charge < -0.3 is 0 Å². The molecule has 0 aliphatic rings. The second-order valence-corrected chi connectivity index (χ2v) is 4.52. The molecule has 0 amide bonds. The minimum atomic E-state index is 0.911. The number of benzene rings is 1. The molecule has 0 radical (unpaired) electrons. The highest BCUT2D eigenvalue weighted by Gasteiger charge is 2.01. The van der Waals surface area contributed by atoms with E-state index in [1.165, 1.54) is 11.1 Å². The first-order chi connectivity index (χ1) is 6.25. The summed E-state index contributed by atoms with van der Waals surface area (Å²) in [5.74, 6) is 0. The van der Waals surface area contributed by atoms with Crippen molar-refractivity contribution in [2.75, 3.05) is 0 Å². The monoisotopic (exact) mass is 253 g/mol. The number of thiazole rings is 1. The lowest BCUT2D eigenvalue weighted by atomic mass is 10.1. The van der Waals surface area contributed by atoms with E-state index in [9.17, 15) is 0 Å². The summed E-state index contributed by atoms with van der Waals surface area (Å²) < 4.78 is 0.911. The van der Waals surface area contributed by atoms with Gasteiger partial charge >= 0.3 is 0 Å². The van der Waals surface area contributed by atoms with Crippen LogP contribution in [0.1, 0.15) is 5.56 Å². The van der Waals surface area contributed by atoms with Crippen molar-refractivity contribution in [3.05, 3.63) is 39.8 Å². The zero-order valence-electron chi connectivity index (χ0n) is 7.12. The lowest BCUT2D eigenvalue weighted by Crippen LogP contribution is -1.77. The molecule has 2 aromatic rings. The number of aromatic nitrogens is 1. The lowest BCUT2D eigenvalue weighted by molar-refractivity contribution is 1.35. The van der Waals surface area contributed by atoms with E-state index >= 15 is 0 Å². The zero-order chi connectivity index (χ0) is 9.26. The van der Waals surface area contributed by atoms with Crippen molar-refractivity contribution in [3.8, 4) is 10.6 Å². The van der Waals surface area contributed by atoms with Gasteiger partial charge in [-0.3, -0.25) is 0 Å². The summed E-state index contributed by atoms with van der Waals surface area (Å²) in [4.78, 5) is 4.36. The third-order valence-corrected chi connectivity index (χ3v) is 3.34. The first kappa shape index (κ1) is 8.91. The van der Waals surface area contributed by atoms with E-state index in [-0.39, 0.29) is 0 Å². The fourth-order valence-corrected chi connectivity index (χ4v) is 2.42. The van der Waals surface area contributed by atoms with Crippen LogP contribution in [0.15, 0.2) is 34.2 Å². The predicted octanol–water partition coefficient (Wildman–Crippen LogP) is 3.88. The quantitative estimate of drug-likeness (QED) is 0.752. The highest BCUT2D eigenvalue weighted by atomic mass is 79.9. The first-order valence-corrected chi connectivity index (χ1v) is 5.61. The molecular formula is C10H8BrNS. The molecule has 0 saturated heterocycles. The van der Waals surface area contributed by atoms with Gasteiger partial charge in [0.1, 0.15) is 9.61 Å². The molecule has 2 rings (SSSR count). The van der Waals surface area contributed by atoms with Crippen molar-refractivity contribution in [2.24, 2.45) is 0 Å². The molecule has 1 heterocycles. The van der Waals surface area contributed by atoms with Gasteiger partial charge in [0.05, 0.1) is 0 Å². The molecule has 0 saturated carbocycles. The molecular weight excluding hydrogens is 246 g/mol. The summed E-state index contributed by atoms with van der Waals surface area (Å²) in [5, 5.41) is 3.06. The summed E-state index contributed by atoms with van der Waals surface area (Å²) in [7, 11) is 0. The fourth-order valence-electron chi connectivity index (χ4n) is 1.16. The molecule has 0 atom stereocenters. The van der Waals surface area contributed by atoms with E-state index in [1.54, 1.807) is 11.3 Å². The minimum absolute atomic E-state index is 0.911. The van der Waals surface area contributed by atoms with Gasteiger partial charge in [-0.25, -0.2) is 4.98 Å². The first-order valence-electron chi connectivity index (χ1n) is 3.94. The van der Waals surface area contributed by atoms with Crippen molar-refractivity contribution >= 4 is 27.3 Å². The van der Waals surface area contributed by atoms with Crippen molar-refractivity contribution in [1.29, 1.82) is 0 Å². The van der Waals surface area contributed by atoms with Crippen LogP contribution in [0.25, 0.3) is 10.6 Å². The molecule has 66 valence electrons. The van der Waals surface area contributed by atoms with Crippen LogP contribution in [-0.2, 0) is 0 Å². The topological polar surface area (TPSA) is 12.9 Å². The molecule has 0 unspecified atom stereocenters. The van der Waals surface area contributed by atoms with Crippen LogP contribution < -0.4 is 0 Å². The van der Waals surface area contributed by atoms with Crippen LogP contribution in [-0.4, -0.2) is 4.98 Å². The van der Waals surface area contributed by atoms with Gasteiger partial charge in [0.25, 0.3) is 0 Å². The molecule has 13 heavy (non-hydrogen) atoms. The smallest absolute Gasteiger partial charge is 0.124 e. The molecule has 0 fully saturated rings. The van der Waals surface area contributed by atoms with E-state index in [4.69, 9.17) is 0 Å².